The first-order valence-corrected chi connectivity index (χ1v) is 14.3. The maximum absolute atomic E-state index is 13.2. The third-order valence-corrected chi connectivity index (χ3v) is 9.10. The molecule has 2 heterocycles. The van der Waals surface area contributed by atoms with Crippen LogP contribution >= 0.6 is 11.3 Å². The topological polar surface area (TPSA) is 130 Å². The third-order valence-electron chi connectivity index (χ3n) is 5.92. The summed E-state index contributed by atoms with van der Waals surface area (Å²) in [5.41, 5.74) is 0.428. The number of carbonyl (C=O) groups excluding carboxylic acids is 2. The molecule has 37 heavy (non-hydrogen) atoms. The van der Waals surface area contributed by atoms with Gasteiger partial charge in [0.05, 0.1) is 29.9 Å². The lowest BCUT2D eigenvalue weighted by molar-refractivity contribution is -0.129. The van der Waals surface area contributed by atoms with Gasteiger partial charge in [-0.3, -0.25) is 19.8 Å². The number of oxime groups is 1. The SMILES string of the molecule is CN(CC(=O)N(C)C)Cc1cnc(NC(=O)C(=NO[C@@H]2CCOC2)c2ccc(S(=O)(=O)C3CC3)cc2)s1. The first-order chi connectivity index (χ1) is 17.6. The Morgan fingerprint density at radius 2 is 1.92 bits per heavy atom. The lowest BCUT2D eigenvalue weighted by Crippen LogP contribution is -2.33. The van der Waals surface area contributed by atoms with E-state index < -0.39 is 15.7 Å². The molecular weight excluding hydrogens is 518 g/mol. The van der Waals surface area contributed by atoms with E-state index in [2.05, 4.69) is 15.5 Å². The van der Waals surface area contributed by atoms with Gasteiger partial charge in [0, 0.05) is 43.7 Å². The van der Waals surface area contributed by atoms with Crippen LogP contribution in [0.2, 0.25) is 0 Å². The lowest BCUT2D eigenvalue weighted by Gasteiger charge is -2.17. The maximum Gasteiger partial charge on any atom is 0.280 e. The van der Waals surface area contributed by atoms with Gasteiger partial charge in [-0.15, -0.1) is 11.3 Å². The lowest BCUT2D eigenvalue weighted by atomic mass is 10.1. The summed E-state index contributed by atoms with van der Waals surface area (Å²) in [5, 5.41) is 6.93. The molecule has 1 N–H and O–H groups in total. The van der Waals surface area contributed by atoms with E-state index in [1.54, 1.807) is 32.4 Å². The first kappa shape index (κ1) is 27.2. The molecule has 2 aromatic rings. The van der Waals surface area contributed by atoms with Crippen LogP contribution in [-0.4, -0.2) is 93.0 Å². The number of thiazole rings is 1. The summed E-state index contributed by atoms with van der Waals surface area (Å²) in [4.78, 5) is 39.5. The van der Waals surface area contributed by atoms with Crippen molar-refractivity contribution in [2.24, 2.45) is 5.16 Å². The number of sulfone groups is 1. The minimum Gasteiger partial charge on any atom is -0.389 e. The molecule has 1 aromatic heterocycles. The second-order valence-electron chi connectivity index (χ2n) is 9.35. The average molecular weight is 550 g/mol. The predicted molar refractivity (Wildman–Crippen MR) is 139 cm³/mol. The maximum atomic E-state index is 13.2. The molecule has 1 atom stereocenters. The van der Waals surface area contributed by atoms with E-state index in [0.29, 0.717) is 49.7 Å². The fourth-order valence-corrected chi connectivity index (χ4v) is 6.16. The summed E-state index contributed by atoms with van der Waals surface area (Å²) >= 11 is 1.29. The number of likely N-dealkylation sites (N-methyl/N-ethyl adjacent to an activating group) is 2. The molecule has 2 fully saturated rings. The van der Waals surface area contributed by atoms with Gasteiger partial charge in [0.25, 0.3) is 5.91 Å². The molecule has 0 unspecified atom stereocenters. The highest BCUT2D eigenvalue weighted by Gasteiger charge is 2.36. The number of nitrogens with zero attached hydrogens (tertiary/aromatic N) is 4. The molecule has 13 heteroatoms. The molecule has 2 amide bonds. The van der Waals surface area contributed by atoms with Crippen molar-refractivity contribution in [3.8, 4) is 0 Å². The van der Waals surface area contributed by atoms with Crippen molar-refractivity contribution >= 4 is 43.8 Å². The Morgan fingerprint density at radius 3 is 2.54 bits per heavy atom. The molecule has 0 radical (unpaired) electrons. The molecule has 4 rings (SSSR count). The number of amides is 2. The van der Waals surface area contributed by atoms with Crippen molar-refractivity contribution in [2.45, 2.75) is 42.1 Å². The number of aromatic nitrogens is 1. The molecule has 1 aromatic carbocycles. The number of anilines is 1. The first-order valence-electron chi connectivity index (χ1n) is 11.9. The minimum atomic E-state index is -3.35. The summed E-state index contributed by atoms with van der Waals surface area (Å²) in [6.07, 6.45) is 3.40. The Kier molecular flexibility index (Phi) is 8.57. The van der Waals surface area contributed by atoms with Crippen LogP contribution in [-0.2, 0) is 35.5 Å². The summed E-state index contributed by atoms with van der Waals surface area (Å²) in [7, 11) is 1.90. The van der Waals surface area contributed by atoms with E-state index in [9.17, 15) is 18.0 Å². The largest absolute Gasteiger partial charge is 0.389 e. The van der Waals surface area contributed by atoms with Crippen molar-refractivity contribution in [2.75, 3.05) is 46.2 Å². The fourth-order valence-electron chi connectivity index (χ4n) is 3.61. The highest BCUT2D eigenvalue weighted by atomic mass is 32.2. The van der Waals surface area contributed by atoms with Crippen LogP contribution in [0.5, 0.6) is 0 Å². The molecule has 11 nitrogen and oxygen atoms in total. The highest BCUT2D eigenvalue weighted by molar-refractivity contribution is 7.92. The van der Waals surface area contributed by atoms with Gasteiger partial charge < -0.3 is 14.5 Å². The molecule has 1 saturated carbocycles. The van der Waals surface area contributed by atoms with Crippen molar-refractivity contribution in [3.63, 3.8) is 0 Å². The van der Waals surface area contributed by atoms with Crippen molar-refractivity contribution in [1.82, 2.24) is 14.8 Å². The monoisotopic (exact) mass is 549 g/mol. The second kappa shape index (κ2) is 11.7. The van der Waals surface area contributed by atoms with Crippen molar-refractivity contribution in [1.29, 1.82) is 0 Å². The van der Waals surface area contributed by atoms with Gasteiger partial charge in [-0.2, -0.15) is 0 Å². The fraction of sp³-hybridized carbons (Fsp3) is 0.500. The molecule has 2 aliphatic rings. The number of hydrogen-bond acceptors (Lipinski definition) is 10. The molecule has 0 bridgehead atoms. The predicted octanol–water partition coefficient (Wildman–Crippen LogP) is 1.75. The molecule has 1 aliphatic heterocycles. The Balaban J connectivity index is 1.47. The van der Waals surface area contributed by atoms with Crippen LogP contribution in [0.1, 0.15) is 29.7 Å². The molecule has 200 valence electrons. The Morgan fingerprint density at radius 1 is 1.19 bits per heavy atom. The van der Waals surface area contributed by atoms with E-state index in [4.69, 9.17) is 9.57 Å². The normalized spacial score (nSPS) is 18.2. The Bertz CT molecular complexity index is 1250. The number of ether oxygens (including phenoxy) is 1. The van der Waals surface area contributed by atoms with E-state index in [0.717, 1.165) is 4.88 Å². The summed E-state index contributed by atoms with van der Waals surface area (Å²) in [6.45, 7) is 1.70. The van der Waals surface area contributed by atoms with Crippen LogP contribution < -0.4 is 5.32 Å². The van der Waals surface area contributed by atoms with Crippen molar-refractivity contribution < 1.29 is 27.6 Å². The quantitative estimate of drug-likeness (QED) is 0.331. The number of nitrogens with one attached hydrogen (secondary N) is 1. The van der Waals surface area contributed by atoms with Crippen LogP contribution in [0.4, 0.5) is 5.13 Å². The molecule has 0 spiro atoms. The Hall–Kier alpha value is -2.87. The Labute approximate surface area is 220 Å². The average Bonchev–Trinajstić information content (AvgIpc) is 3.44. The van der Waals surface area contributed by atoms with Gasteiger partial charge in [-0.05, 0) is 32.0 Å². The summed E-state index contributed by atoms with van der Waals surface area (Å²) < 4.78 is 30.4. The number of benzene rings is 1. The molecule has 1 aliphatic carbocycles. The second-order valence-corrected chi connectivity index (χ2v) is 12.7. The zero-order valence-corrected chi connectivity index (χ0v) is 22.7. The molecular formula is C24H31N5O6S2. The molecule has 1 saturated heterocycles. The van der Waals surface area contributed by atoms with Gasteiger partial charge >= 0.3 is 0 Å². The van der Waals surface area contributed by atoms with Gasteiger partial charge in [-0.25, -0.2) is 13.4 Å². The van der Waals surface area contributed by atoms with Crippen LogP contribution in [0, 0.1) is 0 Å². The zero-order chi connectivity index (χ0) is 26.6. The van der Waals surface area contributed by atoms with Crippen LogP contribution in [0.3, 0.4) is 0 Å². The van der Waals surface area contributed by atoms with Gasteiger partial charge in [-0.1, -0.05) is 17.3 Å². The zero-order valence-electron chi connectivity index (χ0n) is 21.0. The van der Waals surface area contributed by atoms with Crippen LogP contribution in [0.15, 0.2) is 40.5 Å². The van der Waals surface area contributed by atoms with Crippen LogP contribution in [0.25, 0.3) is 0 Å². The standard InChI is InChI=1S/C24H31N5O6S2/c1-28(2)21(30)14-29(3)13-18-12-25-24(36-18)26-23(31)22(27-35-17-10-11-34-15-17)16-4-6-19(7-5-16)37(32,33)20-8-9-20/h4-7,12,17,20H,8-11,13-15H2,1-3H3,(H,25,26,31)/t17-/m1/s1. The van der Waals surface area contributed by atoms with Gasteiger partial charge in [0.15, 0.2) is 26.8 Å². The third kappa shape index (κ3) is 7.12. The van der Waals surface area contributed by atoms with E-state index >= 15 is 0 Å². The number of hydrogen-bond donors (Lipinski definition) is 1. The summed E-state index contributed by atoms with van der Waals surface area (Å²) in [6, 6.07) is 6.12. The number of carbonyl (C=O) groups is 2. The number of rotatable bonds is 11. The van der Waals surface area contributed by atoms with Gasteiger partial charge in [0.1, 0.15) is 0 Å². The van der Waals surface area contributed by atoms with E-state index in [1.807, 2.05) is 11.9 Å². The summed E-state index contributed by atoms with van der Waals surface area (Å²) in [5.74, 6) is -0.543. The van der Waals surface area contributed by atoms with Gasteiger partial charge in [0.2, 0.25) is 5.91 Å². The van der Waals surface area contributed by atoms with E-state index in [1.165, 1.54) is 28.4 Å². The smallest absolute Gasteiger partial charge is 0.280 e. The van der Waals surface area contributed by atoms with E-state index in [-0.39, 0.29) is 34.4 Å². The highest BCUT2D eigenvalue weighted by Crippen LogP contribution is 2.33. The van der Waals surface area contributed by atoms with Crippen molar-refractivity contribution in [3.05, 3.63) is 40.9 Å². The minimum absolute atomic E-state index is 0.00715.